The number of esters is 2. The summed E-state index contributed by atoms with van der Waals surface area (Å²) in [5.41, 5.74) is 0.317. The number of alkyl halides is 2. The van der Waals surface area contributed by atoms with Gasteiger partial charge in [-0.15, -0.1) is 0 Å². The van der Waals surface area contributed by atoms with Gasteiger partial charge in [-0.05, 0) is 86.7 Å². The second kappa shape index (κ2) is 7.47. The Hall–Kier alpha value is -0.0800. The highest BCUT2D eigenvalue weighted by Gasteiger charge is 2.63. The fourth-order valence-electron chi connectivity index (χ4n) is 4.16. The minimum absolute atomic E-state index is 0.0333. The molecule has 4 rings (SSSR count). The standard InChI is InChI=1S/C16H11F2I3O8S/c17-16(18,30(24,25)26)14(23)27-9-2-6-1-5(9)4-15(6)28-12-10(13(22)29-15)7(19)3-8(20)11(12)21/h3,5-6,9H,1-2,4H2,(H,24,25,26)/p-1. The van der Waals surface area contributed by atoms with Crippen molar-refractivity contribution in [2.24, 2.45) is 11.8 Å². The van der Waals surface area contributed by atoms with Gasteiger partial charge in [-0.25, -0.2) is 18.0 Å². The van der Waals surface area contributed by atoms with E-state index in [4.69, 9.17) is 9.47 Å². The second-order valence-electron chi connectivity index (χ2n) is 7.21. The topological polar surface area (TPSA) is 119 Å². The van der Waals surface area contributed by atoms with Gasteiger partial charge in [0.15, 0.2) is 15.9 Å². The molecule has 2 fully saturated rings. The van der Waals surface area contributed by atoms with Crippen LogP contribution in [0.3, 0.4) is 0 Å². The number of fused-ring (bicyclic) bond motifs is 4. The lowest BCUT2D eigenvalue weighted by Gasteiger charge is -2.42. The number of hydrogen-bond donors (Lipinski definition) is 0. The van der Waals surface area contributed by atoms with Gasteiger partial charge in [0, 0.05) is 25.4 Å². The highest BCUT2D eigenvalue weighted by atomic mass is 127. The van der Waals surface area contributed by atoms with Crippen LogP contribution in [0.25, 0.3) is 0 Å². The quantitative estimate of drug-likeness (QED) is 0.199. The van der Waals surface area contributed by atoms with E-state index in [0.717, 1.165) is 7.14 Å². The van der Waals surface area contributed by atoms with Crippen molar-refractivity contribution >= 4 is 89.8 Å². The Balaban J connectivity index is 1.56. The molecule has 14 heteroatoms. The summed E-state index contributed by atoms with van der Waals surface area (Å²) in [5.74, 6) is -4.79. The Kier molecular flexibility index (Phi) is 5.75. The van der Waals surface area contributed by atoms with Crippen LogP contribution >= 0.6 is 67.8 Å². The average Bonchev–Trinajstić information content (AvgIpc) is 3.15. The zero-order valence-electron chi connectivity index (χ0n) is 14.5. The van der Waals surface area contributed by atoms with Crippen molar-refractivity contribution in [1.29, 1.82) is 0 Å². The van der Waals surface area contributed by atoms with Crippen molar-refractivity contribution in [3.05, 3.63) is 22.3 Å². The third-order valence-electron chi connectivity index (χ3n) is 5.48. The molecule has 1 spiro atoms. The molecule has 8 nitrogen and oxygen atoms in total. The molecule has 0 N–H and O–H groups in total. The predicted octanol–water partition coefficient (Wildman–Crippen LogP) is 3.23. The number of hydrogen-bond acceptors (Lipinski definition) is 8. The monoisotopic (exact) mass is 781 g/mol. The van der Waals surface area contributed by atoms with Gasteiger partial charge in [0.1, 0.15) is 11.7 Å². The summed E-state index contributed by atoms with van der Waals surface area (Å²) < 4.78 is 77.5. The molecule has 0 radical (unpaired) electrons. The van der Waals surface area contributed by atoms with E-state index in [2.05, 4.69) is 49.9 Å². The van der Waals surface area contributed by atoms with Crippen LogP contribution in [-0.4, -0.2) is 42.1 Å². The lowest BCUT2D eigenvalue weighted by molar-refractivity contribution is -0.203. The first-order chi connectivity index (χ1) is 13.8. The van der Waals surface area contributed by atoms with E-state index in [9.17, 15) is 31.3 Å². The fraction of sp³-hybridized carbons (Fsp3) is 0.500. The summed E-state index contributed by atoms with van der Waals surface area (Å²) in [4.78, 5) is 24.3. The minimum atomic E-state index is -6.19. The summed E-state index contributed by atoms with van der Waals surface area (Å²) in [5, 5.41) is -5.16. The molecular formula is C16H10F2I3O8S-. The van der Waals surface area contributed by atoms with Gasteiger partial charge in [0.2, 0.25) is 0 Å². The Bertz CT molecular complexity index is 1080. The molecule has 2 saturated carbocycles. The van der Waals surface area contributed by atoms with Gasteiger partial charge < -0.3 is 18.8 Å². The van der Waals surface area contributed by atoms with Gasteiger partial charge in [-0.2, -0.15) is 8.78 Å². The van der Waals surface area contributed by atoms with Crippen molar-refractivity contribution in [2.45, 2.75) is 36.4 Å². The summed E-state index contributed by atoms with van der Waals surface area (Å²) in [6, 6.07) is 1.82. The molecule has 4 atom stereocenters. The molecule has 4 unspecified atom stereocenters. The van der Waals surface area contributed by atoms with Crippen molar-refractivity contribution < 1.29 is 45.6 Å². The fourth-order valence-corrected chi connectivity index (χ4v) is 6.87. The molecule has 1 aliphatic heterocycles. The summed E-state index contributed by atoms with van der Waals surface area (Å²) >= 11 is 6.20. The van der Waals surface area contributed by atoms with E-state index in [-0.39, 0.29) is 12.8 Å². The van der Waals surface area contributed by atoms with E-state index in [1.807, 2.05) is 28.7 Å². The molecule has 3 aliphatic rings. The largest absolute Gasteiger partial charge is 0.743 e. The SMILES string of the molecule is O=C1OC2(CC3CC2CC3OC(=O)C(F)(F)S(=O)(=O)[O-])Oc2c(I)c(I)cc(I)c21. The summed E-state index contributed by atoms with van der Waals surface area (Å²) in [7, 11) is -6.19. The zero-order chi connectivity index (χ0) is 22.2. The Morgan fingerprint density at radius 3 is 2.47 bits per heavy atom. The van der Waals surface area contributed by atoms with E-state index >= 15 is 0 Å². The molecule has 30 heavy (non-hydrogen) atoms. The number of rotatable bonds is 3. The molecule has 0 aromatic heterocycles. The van der Waals surface area contributed by atoms with Crippen molar-refractivity contribution in [1.82, 2.24) is 0 Å². The molecule has 1 heterocycles. The highest BCUT2D eigenvalue weighted by molar-refractivity contribution is 14.1. The van der Waals surface area contributed by atoms with Crippen LogP contribution < -0.4 is 4.74 Å². The third-order valence-corrected chi connectivity index (χ3v) is 10.1. The number of benzene rings is 1. The Labute approximate surface area is 209 Å². The maximum absolute atomic E-state index is 13.4. The van der Waals surface area contributed by atoms with E-state index < -0.39 is 51.0 Å². The lowest BCUT2D eigenvalue weighted by Crippen LogP contribution is -2.52. The maximum atomic E-state index is 13.4. The van der Waals surface area contributed by atoms with Gasteiger partial charge in [0.25, 0.3) is 5.79 Å². The number of halogens is 5. The van der Waals surface area contributed by atoms with Gasteiger partial charge >= 0.3 is 17.2 Å². The Morgan fingerprint density at radius 1 is 1.23 bits per heavy atom. The maximum Gasteiger partial charge on any atom is 0.428 e. The number of carbonyl (C=O) groups excluding carboxylic acids is 2. The first-order valence-electron chi connectivity index (χ1n) is 8.41. The number of ether oxygens (including phenoxy) is 3. The van der Waals surface area contributed by atoms with Crippen molar-refractivity contribution in [2.75, 3.05) is 0 Å². The van der Waals surface area contributed by atoms with E-state index in [0.29, 0.717) is 21.3 Å². The van der Waals surface area contributed by atoms with Gasteiger partial charge in [-0.3, -0.25) is 0 Å². The smallest absolute Gasteiger partial charge is 0.428 e. The second-order valence-corrected chi connectivity index (χ2v) is 12.0. The molecule has 0 amide bonds. The van der Waals surface area contributed by atoms with E-state index in [1.165, 1.54) is 0 Å². The number of carbonyl (C=O) groups is 2. The van der Waals surface area contributed by atoms with Crippen LogP contribution in [0.5, 0.6) is 5.75 Å². The van der Waals surface area contributed by atoms with Crippen LogP contribution in [0.15, 0.2) is 6.07 Å². The van der Waals surface area contributed by atoms with Crippen LogP contribution in [0.2, 0.25) is 0 Å². The first-order valence-corrected chi connectivity index (χ1v) is 13.1. The van der Waals surface area contributed by atoms with Crippen LogP contribution in [0.4, 0.5) is 8.78 Å². The average molecular weight is 781 g/mol. The molecule has 2 bridgehead atoms. The molecule has 0 saturated heterocycles. The van der Waals surface area contributed by atoms with Gasteiger partial charge in [0.05, 0.1) is 3.57 Å². The van der Waals surface area contributed by atoms with Crippen LogP contribution in [0, 0.1) is 22.5 Å². The normalized spacial score (nSPS) is 30.1. The molecule has 1 aromatic carbocycles. The van der Waals surface area contributed by atoms with Crippen LogP contribution in [-0.2, 0) is 24.4 Å². The van der Waals surface area contributed by atoms with Crippen LogP contribution in [0.1, 0.15) is 29.6 Å². The Morgan fingerprint density at radius 2 is 1.90 bits per heavy atom. The van der Waals surface area contributed by atoms with Crippen molar-refractivity contribution in [3.63, 3.8) is 0 Å². The third kappa shape index (κ3) is 3.51. The lowest BCUT2D eigenvalue weighted by atomic mass is 9.90. The van der Waals surface area contributed by atoms with E-state index in [1.54, 1.807) is 0 Å². The zero-order valence-corrected chi connectivity index (χ0v) is 21.8. The highest BCUT2D eigenvalue weighted by Crippen LogP contribution is 2.57. The predicted molar refractivity (Wildman–Crippen MR) is 119 cm³/mol. The van der Waals surface area contributed by atoms with Crippen molar-refractivity contribution in [3.8, 4) is 5.75 Å². The first kappa shape index (κ1) is 23.1. The van der Waals surface area contributed by atoms with Gasteiger partial charge in [-0.1, -0.05) is 0 Å². The minimum Gasteiger partial charge on any atom is -0.743 e. The molecular weight excluding hydrogens is 771 g/mol. The summed E-state index contributed by atoms with van der Waals surface area (Å²) in [6.07, 6.45) is -0.534. The summed E-state index contributed by atoms with van der Waals surface area (Å²) in [6.45, 7) is 0. The molecule has 2 aliphatic carbocycles. The molecule has 164 valence electrons. The molecule has 1 aromatic rings.